The number of nitrogens with zero attached hydrogens (tertiary/aromatic N) is 1. The van der Waals surface area contributed by atoms with Gasteiger partial charge in [-0.3, -0.25) is 4.79 Å². The second kappa shape index (κ2) is 6.76. The highest BCUT2D eigenvalue weighted by atomic mass is 16.6. The summed E-state index contributed by atoms with van der Waals surface area (Å²) < 4.78 is 12.2. The summed E-state index contributed by atoms with van der Waals surface area (Å²) in [5, 5.41) is 1.24. The first-order chi connectivity index (χ1) is 10.0. The molecule has 0 unspecified atom stereocenters. The summed E-state index contributed by atoms with van der Waals surface area (Å²) in [4.78, 5) is 11.7. The summed E-state index contributed by atoms with van der Waals surface area (Å²) in [6, 6.07) is 6.44. The highest BCUT2D eigenvalue weighted by molar-refractivity contribution is 5.86. The van der Waals surface area contributed by atoms with Gasteiger partial charge in [-0.05, 0) is 38.0 Å². The molecule has 0 N–H and O–H groups in total. The highest BCUT2D eigenvalue weighted by Gasteiger charge is 2.13. The van der Waals surface area contributed by atoms with E-state index in [4.69, 9.17) is 9.47 Å². The van der Waals surface area contributed by atoms with Crippen LogP contribution in [0.15, 0.2) is 18.2 Å². The molecule has 0 amide bonds. The van der Waals surface area contributed by atoms with Crippen molar-refractivity contribution in [1.82, 2.24) is 4.57 Å². The molecule has 1 aromatic heterocycles. The molecular formula is C17H23NO3. The van der Waals surface area contributed by atoms with Crippen LogP contribution in [-0.2, 0) is 27.7 Å². The van der Waals surface area contributed by atoms with Gasteiger partial charge in [0.15, 0.2) is 0 Å². The van der Waals surface area contributed by atoms with Crippen LogP contribution in [0.5, 0.6) is 0 Å². The Kier molecular flexibility index (Phi) is 5.02. The van der Waals surface area contributed by atoms with Gasteiger partial charge < -0.3 is 14.0 Å². The van der Waals surface area contributed by atoms with Gasteiger partial charge >= 0.3 is 5.97 Å². The van der Waals surface area contributed by atoms with Crippen LogP contribution < -0.4 is 0 Å². The lowest BCUT2D eigenvalue weighted by Gasteiger charge is -2.05. The molecule has 0 aliphatic heterocycles. The van der Waals surface area contributed by atoms with E-state index in [9.17, 15) is 4.79 Å². The smallest absolute Gasteiger partial charge is 0.306 e. The molecule has 0 saturated heterocycles. The quantitative estimate of drug-likeness (QED) is 0.606. The Labute approximate surface area is 125 Å². The summed E-state index contributed by atoms with van der Waals surface area (Å²) >= 11 is 0. The molecule has 4 nitrogen and oxygen atoms in total. The zero-order chi connectivity index (χ0) is 15.4. The molecule has 0 aliphatic carbocycles. The number of ether oxygens (including phenoxy) is 2. The van der Waals surface area contributed by atoms with Gasteiger partial charge in [0.1, 0.15) is 6.61 Å². The fourth-order valence-corrected chi connectivity index (χ4v) is 2.62. The number of carbonyl (C=O) groups excluding carboxylic acids is 1. The van der Waals surface area contributed by atoms with Crippen molar-refractivity contribution in [2.45, 2.75) is 26.7 Å². The number of rotatable bonds is 6. The minimum Gasteiger partial charge on any atom is -0.463 e. The van der Waals surface area contributed by atoms with Crippen molar-refractivity contribution in [2.24, 2.45) is 7.05 Å². The van der Waals surface area contributed by atoms with Crippen LogP contribution in [0, 0.1) is 13.8 Å². The van der Waals surface area contributed by atoms with Gasteiger partial charge in [0, 0.05) is 37.2 Å². The molecule has 2 rings (SSSR count). The van der Waals surface area contributed by atoms with Gasteiger partial charge in [-0.25, -0.2) is 0 Å². The number of aryl methyl sites for hydroxylation is 3. The molecule has 21 heavy (non-hydrogen) atoms. The zero-order valence-corrected chi connectivity index (χ0v) is 13.2. The lowest BCUT2D eigenvalue weighted by atomic mass is 10.0. The standard InChI is InChI=1S/C17H23NO3/c1-12-5-7-16-15(11-12)14(13(2)18(16)3)6-8-17(19)21-10-9-20-4/h5,7,11H,6,8-10H2,1-4H3. The molecule has 114 valence electrons. The fourth-order valence-electron chi connectivity index (χ4n) is 2.62. The Morgan fingerprint density at radius 3 is 2.71 bits per heavy atom. The lowest BCUT2D eigenvalue weighted by Crippen LogP contribution is -2.10. The number of esters is 1. The summed E-state index contributed by atoms with van der Waals surface area (Å²) in [5.74, 6) is -0.170. The summed E-state index contributed by atoms with van der Waals surface area (Å²) in [7, 11) is 3.66. The lowest BCUT2D eigenvalue weighted by molar-refractivity contribution is -0.144. The largest absolute Gasteiger partial charge is 0.463 e. The summed E-state index contributed by atoms with van der Waals surface area (Å²) in [5.41, 5.74) is 4.89. The van der Waals surface area contributed by atoms with Crippen molar-refractivity contribution in [2.75, 3.05) is 20.3 Å². The summed E-state index contributed by atoms with van der Waals surface area (Å²) in [6.45, 7) is 4.95. The third-order valence-electron chi connectivity index (χ3n) is 3.91. The second-order valence-corrected chi connectivity index (χ2v) is 5.36. The van der Waals surface area contributed by atoms with Crippen molar-refractivity contribution in [3.63, 3.8) is 0 Å². The Morgan fingerprint density at radius 1 is 1.24 bits per heavy atom. The van der Waals surface area contributed by atoms with Gasteiger partial charge in [0.05, 0.1) is 6.61 Å². The molecule has 0 bridgehead atoms. The van der Waals surface area contributed by atoms with E-state index in [1.165, 1.54) is 27.7 Å². The minimum absolute atomic E-state index is 0.170. The Bertz CT molecular complexity index is 643. The van der Waals surface area contributed by atoms with Gasteiger partial charge in [-0.1, -0.05) is 11.6 Å². The zero-order valence-electron chi connectivity index (χ0n) is 13.2. The van der Waals surface area contributed by atoms with E-state index in [0.29, 0.717) is 26.1 Å². The predicted octanol–water partition coefficient (Wildman–Crippen LogP) is 2.92. The number of methoxy groups -OCH3 is 1. The van der Waals surface area contributed by atoms with Crippen LogP contribution in [0.1, 0.15) is 23.2 Å². The Morgan fingerprint density at radius 2 is 2.00 bits per heavy atom. The van der Waals surface area contributed by atoms with Crippen LogP contribution >= 0.6 is 0 Å². The SMILES string of the molecule is COCCOC(=O)CCc1c(C)n(C)c2ccc(C)cc12. The van der Waals surface area contributed by atoms with Crippen molar-refractivity contribution in [1.29, 1.82) is 0 Å². The van der Waals surface area contributed by atoms with E-state index in [1.54, 1.807) is 7.11 Å². The van der Waals surface area contributed by atoms with E-state index >= 15 is 0 Å². The maximum absolute atomic E-state index is 11.7. The van der Waals surface area contributed by atoms with Crippen molar-refractivity contribution >= 4 is 16.9 Å². The molecule has 0 aliphatic rings. The Balaban J connectivity index is 2.13. The van der Waals surface area contributed by atoms with Gasteiger partial charge in [-0.15, -0.1) is 0 Å². The average molecular weight is 289 g/mol. The molecule has 0 saturated carbocycles. The molecule has 2 aromatic rings. The summed E-state index contributed by atoms with van der Waals surface area (Å²) in [6.07, 6.45) is 1.11. The van der Waals surface area contributed by atoms with Gasteiger partial charge in [0.2, 0.25) is 0 Å². The third-order valence-corrected chi connectivity index (χ3v) is 3.91. The van der Waals surface area contributed by atoms with Crippen LogP contribution in [0.25, 0.3) is 10.9 Å². The topological polar surface area (TPSA) is 40.5 Å². The molecule has 1 heterocycles. The number of benzene rings is 1. The number of fused-ring (bicyclic) bond motifs is 1. The normalized spacial score (nSPS) is 11.0. The van der Waals surface area contributed by atoms with Gasteiger partial charge in [0.25, 0.3) is 0 Å². The first kappa shape index (κ1) is 15.6. The van der Waals surface area contributed by atoms with Crippen molar-refractivity contribution in [3.05, 3.63) is 35.0 Å². The Hall–Kier alpha value is -1.81. The van der Waals surface area contributed by atoms with E-state index in [2.05, 4.69) is 43.7 Å². The van der Waals surface area contributed by atoms with Crippen molar-refractivity contribution in [3.8, 4) is 0 Å². The molecule has 4 heteroatoms. The minimum atomic E-state index is -0.170. The second-order valence-electron chi connectivity index (χ2n) is 5.36. The van der Waals surface area contributed by atoms with Crippen LogP contribution in [-0.4, -0.2) is 30.9 Å². The van der Waals surface area contributed by atoms with E-state index in [0.717, 1.165) is 0 Å². The monoisotopic (exact) mass is 289 g/mol. The van der Waals surface area contributed by atoms with Gasteiger partial charge in [-0.2, -0.15) is 0 Å². The molecular weight excluding hydrogens is 266 g/mol. The molecule has 0 spiro atoms. The first-order valence-electron chi connectivity index (χ1n) is 7.23. The molecule has 0 atom stereocenters. The van der Waals surface area contributed by atoms with E-state index < -0.39 is 0 Å². The molecule has 0 radical (unpaired) electrons. The predicted molar refractivity (Wildman–Crippen MR) is 83.5 cm³/mol. The van der Waals surface area contributed by atoms with E-state index in [1.807, 2.05) is 0 Å². The average Bonchev–Trinajstić information content (AvgIpc) is 2.69. The maximum atomic E-state index is 11.7. The maximum Gasteiger partial charge on any atom is 0.306 e. The number of hydrogen-bond donors (Lipinski definition) is 0. The highest BCUT2D eigenvalue weighted by Crippen LogP contribution is 2.27. The number of hydrogen-bond acceptors (Lipinski definition) is 3. The van der Waals surface area contributed by atoms with Crippen LogP contribution in [0.2, 0.25) is 0 Å². The fraction of sp³-hybridized carbons (Fsp3) is 0.471. The van der Waals surface area contributed by atoms with Crippen LogP contribution in [0.4, 0.5) is 0 Å². The van der Waals surface area contributed by atoms with Crippen molar-refractivity contribution < 1.29 is 14.3 Å². The van der Waals surface area contributed by atoms with E-state index in [-0.39, 0.29) is 5.97 Å². The molecule has 0 fully saturated rings. The number of carbonyl (C=O) groups is 1. The van der Waals surface area contributed by atoms with Crippen LogP contribution in [0.3, 0.4) is 0 Å². The molecule has 1 aromatic carbocycles. The first-order valence-corrected chi connectivity index (χ1v) is 7.23. The number of aromatic nitrogens is 1. The third kappa shape index (κ3) is 3.45.